The first kappa shape index (κ1) is 17.7. The average Bonchev–Trinajstić information content (AvgIpc) is 3.37. The number of non-ortho nitro benzene ring substituents is 1. The Hall–Kier alpha value is -2.15. The third-order valence-corrected chi connectivity index (χ3v) is 4.87. The van der Waals surface area contributed by atoms with E-state index >= 15 is 0 Å². The van der Waals surface area contributed by atoms with E-state index < -0.39 is 0 Å². The SMILES string of the molecule is CCNC(=NCc1cccc([N+](=O)[O-])c1)NC1CC(C)N(C2CC2)C1. The quantitative estimate of drug-likeness (QED) is 0.358. The van der Waals surface area contributed by atoms with Crippen LogP contribution in [0, 0.1) is 10.1 Å². The maximum atomic E-state index is 10.9. The third kappa shape index (κ3) is 4.69. The number of hydrogen-bond donors (Lipinski definition) is 2. The highest BCUT2D eigenvalue weighted by molar-refractivity contribution is 5.80. The fourth-order valence-electron chi connectivity index (χ4n) is 3.53. The molecule has 0 spiro atoms. The van der Waals surface area contributed by atoms with Crippen LogP contribution in [0.1, 0.15) is 38.7 Å². The number of benzene rings is 1. The summed E-state index contributed by atoms with van der Waals surface area (Å²) in [5.74, 6) is 0.781. The van der Waals surface area contributed by atoms with E-state index in [-0.39, 0.29) is 10.6 Å². The van der Waals surface area contributed by atoms with Crippen LogP contribution in [0.3, 0.4) is 0 Å². The van der Waals surface area contributed by atoms with Gasteiger partial charge in [0, 0.05) is 43.3 Å². The molecule has 1 aromatic carbocycles. The van der Waals surface area contributed by atoms with Gasteiger partial charge in [-0.15, -0.1) is 0 Å². The molecule has 1 saturated heterocycles. The van der Waals surface area contributed by atoms with Crippen LogP contribution in [0.25, 0.3) is 0 Å². The van der Waals surface area contributed by atoms with E-state index in [0.29, 0.717) is 18.6 Å². The normalized spacial score (nSPS) is 24.3. The molecule has 1 heterocycles. The zero-order valence-electron chi connectivity index (χ0n) is 14.9. The molecule has 0 aromatic heterocycles. The molecule has 1 saturated carbocycles. The smallest absolute Gasteiger partial charge is 0.269 e. The van der Waals surface area contributed by atoms with Crippen LogP contribution in [0.15, 0.2) is 29.3 Å². The van der Waals surface area contributed by atoms with Gasteiger partial charge in [-0.1, -0.05) is 12.1 Å². The Morgan fingerprint density at radius 1 is 1.44 bits per heavy atom. The van der Waals surface area contributed by atoms with Crippen molar-refractivity contribution in [2.45, 2.75) is 57.8 Å². The van der Waals surface area contributed by atoms with Gasteiger partial charge >= 0.3 is 0 Å². The zero-order valence-corrected chi connectivity index (χ0v) is 14.9. The molecule has 2 aliphatic rings. The van der Waals surface area contributed by atoms with E-state index in [1.165, 1.54) is 18.9 Å². The summed E-state index contributed by atoms with van der Waals surface area (Å²) in [5, 5.41) is 17.7. The van der Waals surface area contributed by atoms with Crippen LogP contribution in [0.4, 0.5) is 5.69 Å². The number of guanidine groups is 1. The lowest BCUT2D eigenvalue weighted by molar-refractivity contribution is -0.384. The highest BCUT2D eigenvalue weighted by Gasteiger charge is 2.38. The summed E-state index contributed by atoms with van der Waals surface area (Å²) in [6.07, 6.45) is 3.79. The van der Waals surface area contributed by atoms with E-state index in [2.05, 4.69) is 27.4 Å². The Morgan fingerprint density at radius 2 is 2.24 bits per heavy atom. The zero-order chi connectivity index (χ0) is 17.8. The van der Waals surface area contributed by atoms with Crippen LogP contribution < -0.4 is 10.6 Å². The molecule has 2 fully saturated rings. The molecule has 0 amide bonds. The van der Waals surface area contributed by atoms with Crippen LogP contribution in [-0.2, 0) is 6.54 Å². The average molecular weight is 345 g/mol. The second-order valence-electron chi connectivity index (χ2n) is 6.98. The van der Waals surface area contributed by atoms with Crippen molar-refractivity contribution in [3.05, 3.63) is 39.9 Å². The van der Waals surface area contributed by atoms with Gasteiger partial charge in [0.2, 0.25) is 0 Å². The number of nitro groups is 1. The van der Waals surface area contributed by atoms with E-state index in [9.17, 15) is 10.1 Å². The monoisotopic (exact) mass is 345 g/mol. The summed E-state index contributed by atoms with van der Waals surface area (Å²) in [4.78, 5) is 17.7. The molecule has 1 aromatic rings. The van der Waals surface area contributed by atoms with Gasteiger partial charge < -0.3 is 10.6 Å². The van der Waals surface area contributed by atoms with Crippen LogP contribution in [-0.4, -0.2) is 47.0 Å². The number of likely N-dealkylation sites (tertiary alicyclic amines) is 1. The molecule has 2 unspecified atom stereocenters. The fraction of sp³-hybridized carbons (Fsp3) is 0.611. The number of rotatable bonds is 6. The minimum atomic E-state index is -0.372. The van der Waals surface area contributed by atoms with E-state index in [1.54, 1.807) is 12.1 Å². The maximum Gasteiger partial charge on any atom is 0.269 e. The van der Waals surface area contributed by atoms with Gasteiger partial charge in [-0.3, -0.25) is 15.0 Å². The second-order valence-corrected chi connectivity index (χ2v) is 6.98. The predicted octanol–water partition coefficient (Wildman–Crippen LogP) is 2.28. The Balaban J connectivity index is 1.61. The number of aliphatic imine (C=N–C) groups is 1. The molecule has 0 bridgehead atoms. The first-order valence-corrected chi connectivity index (χ1v) is 9.10. The van der Waals surface area contributed by atoms with Gasteiger partial charge in [-0.25, -0.2) is 4.99 Å². The van der Waals surface area contributed by atoms with Crippen molar-refractivity contribution in [1.29, 1.82) is 0 Å². The molecule has 25 heavy (non-hydrogen) atoms. The van der Waals surface area contributed by atoms with Gasteiger partial charge in [0.1, 0.15) is 0 Å². The first-order chi connectivity index (χ1) is 12.1. The predicted molar refractivity (Wildman–Crippen MR) is 98.6 cm³/mol. The van der Waals surface area contributed by atoms with Gasteiger partial charge in [-0.05, 0) is 38.7 Å². The molecule has 1 aliphatic heterocycles. The largest absolute Gasteiger partial charge is 0.357 e. The molecule has 136 valence electrons. The minimum absolute atomic E-state index is 0.107. The first-order valence-electron chi connectivity index (χ1n) is 9.10. The van der Waals surface area contributed by atoms with Crippen molar-refractivity contribution < 1.29 is 4.92 Å². The summed E-state index contributed by atoms with van der Waals surface area (Å²) < 4.78 is 0. The van der Waals surface area contributed by atoms with Crippen LogP contribution in [0.2, 0.25) is 0 Å². The molecule has 2 N–H and O–H groups in total. The number of nitrogens with zero attached hydrogens (tertiary/aromatic N) is 3. The Morgan fingerprint density at radius 3 is 2.92 bits per heavy atom. The Labute approximate surface area is 148 Å². The molecule has 3 rings (SSSR count). The van der Waals surface area contributed by atoms with E-state index in [1.807, 2.05) is 13.0 Å². The molecular weight excluding hydrogens is 318 g/mol. The highest BCUT2D eigenvalue weighted by Crippen LogP contribution is 2.33. The number of nitro benzene ring substituents is 1. The summed E-state index contributed by atoms with van der Waals surface area (Å²) in [6.45, 7) is 6.61. The molecule has 1 aliphatic carbocycles. The van der Waals surface area contributed by atoms with Crippen molar-refractivity contribution in [3.63, 3.8) is 0 Å². The molecule has 0 radical (unpaired) electrons. The van der Waals surface area contributed by atoms with Crippen molar-refractivity contribution >= 4 is 11.6 Å². The van der Waals surface area contributed by atoms with Gasteiger partial charge in [0.25, 0.3) is 5.69 Å². The number of nitrogens with one attached hydrogen (secondary N) is 2. The lowest BCUT2D eigenvalue weighted by Gasteiger charge is -2.20. The highest BCUT2D eigenvalue weighted by atomic mass is 16.6. The minimum Gasteiger partial charge on any atom is -0.357 e. The maximum absolute atomic E-state index is 10.9. The van der Waals surface area contributed by atoms with Gasteiger partial charge in [0.15, 0.2) is 5.96 Å². The van der Waals surface area contributed by atoms with Crippen LogP contribution >= 0.6 is 0 Å². The molecular formula is C18H27N5O2. The molecule has 7 nitrogen and oxygen atoms in total. The van der Waals surface area contributed by atoms with Crippen LogP contribution in [0.5, 0.6) is 0 Å². The topological polar surface area (TPSA) is 82.8 Å². The van der Waals surface area contributed by atoms with Crippen molar-refractivity contribution in [3.8, 4) is 0 Å². The summed E-state index contributed by atoms with van der Waals surface area (Å²) in [6, 6.07) is 8.46. The lowest BCUT2D eigenvalue weighted by atomic mass is 10.2. The van der Waals surface area contributed by atoms with Crippen molar-refractivity contribution in [2.75, 3.05) is 13.1 Å². The summed E-state index contributed by atoms with van der Waals surface area (Å²) in [7, 11) is 0. The number of hydrogen-bond acceptors (Lipinski definition) is 4. The third-order valence-electron chi connectivity index (χ3n) is 4.87. The lowest BCUT2D eigenvalue weighted by Crippen LogP contribution is -2.44. The molecule has 2 atom stereocenters. The van der Waals surface area contributed by atoms with Gasteiger partial charge in [0.05, 0.1) is 11.5 Å². The van der Waals surface area contributed by atoms with Gasteiger partial charge in [-0.2, -0.15) is 0 Å². The standard InChI is InChI=1S/C18H27N5O2/c1-3-19-18(20-11-14-5-4-6-17(10-14)23(24)25)21-15-9-13(2)22(12-15)16-7-8-16/h4-6,10,13,15-16H,3,7-9,11-12H2,1-2H3,(H2,19,20,21). The Kier molecular flexibility index (Phi) is 5.53. The summed E-state index contributed by atoms with van der Waals surface area (Å²) in [5.41, 5.74) is 0.946. The second kappa shape index (κ2) is 7.82. The van der Waals surface area contributed by atoms with E-state index in [0.717, 1.165) is 37.1 Å². The van der Waals surface area contributed by atoms with E-state index in [4.69, 9.17) is 0 Å². The summed E-state index contributed by atoms with van der Waals surface area (Å²) >= 11 is 0. The van der Waals surface area contributed by atoms with Crippen molar-refractivity contribution in [2.24, 2.45) is 4.99 Å². The fourth-order valence-corrected chi connectivity index (χ4v) is 3.53. The Bertz CT molecular complexity index is 644. The molecule has 7 heteroatoms. The van der Waals surface area contributed by atoms with Crippen molar-refractivity contribution in [1.82, 2.24) is 15.5 Å².